The molecule has 0 radical (unpaired) electrons. The molecule has 43 heavy (non-hydrogen) atoms. The lowest BCUT2D eigenvalue weighted by molar-refractivity contribution is -0.139. The van der Waals surface area contributed by atoms with Gasteiger partial charge in [0.15, 0.2) is 6.61 Å². The minimum Gasteiger partial charge on any atom is -0.482 e. The van der Waals surface area contributed by atoms with Crippen LogP contribution in [0, 0.1) is 5.92 Å². The quantitative estimate of drug-likeness (QED) is 0.279. The number of nitrogens with one attached hydrogen (secondary N) is 2. The van der Waals surface area contributed by atoms with Crippen molar-refractivity contribution in [1.29, 1.82) is 0 Å². The van der Waals surface area contributed by atoms with Crippen molar-refractivity contribution in [3.05, 3.63) is 83.4 Å². The van der Waals surface area contributed by atoms with E-state index in [-0.39, 0.29) is 37.4 Å². The van der Waals surface area contributed by atoms with Crippen LogP contribution in [0.4, 0.5) is 21.9 Å². The summed E-state index contributed by atoms with van der Waals surface area (Å²) in [7, 11) is 2.95. The molecule has 3 aromatic carbocycles. The molecule has 1 fully saturated rings. The number of methoxy groups -OCH3 is 1. The van der Waals surface area contributed by atoms with E-state index in [2.05, 4.69) is 10.6 Å². The number of ether oxygens (including phenoxy) is 2. The zero-order valence-corrected chi connectivity index (χ0v) is 24.9. The number of rotatable bonds is 12. The second-order valence-corrected chi connectivity index (χ2v) is 10.7. The summed E-state index contributed by atoms with van der Waals surface area (Å²) in [6.07, 6.45) is 3.19. The van der Waals surface area contributed by atoms with Gasteiger partial charge >= 0.3 is 12.0 Å². The average molecular weight is 607 g/mol. The normalized spacial score (nSPS) is 12.4. The number of carbonyl (C=O) groups is 4. The molecule has 2 N–H and O–H groups in total. The summed E-state index contributed by atoms with van der Waals surface area (Å²) in [6.45, 7) is -0.0409. The SMILES string of the molecule is COC(=O)Cc1cccc(NC(=O)NCC(=O)N(CC2CCC2)c2ccccc2OCC(=O)N(C)c2cccc(Cl)c2)c1. The summed E-state index contributed by atoms with van der Waals surface area (Å²) in [5, 5.41) is 5.83. The number of likely N-dealkylation sites (N-methyl/N-ethyl adjacent to an activating group) is 1. The van der Waals surface area contributed by atoms with Gasteiger partial charge in [-0.1, -0.05) is 48.4 Å². The van der Waals surface area contributed by atoms with Gasteiger partial charge in [-0.15, -0.1) is 0 Å². The number of para-hydroxylation sites is 2. The zero-order valence-electron chi connectivity index (χ0n) is 24.2. The molecule has 3 aromatic rings. The van der Waals surface area contributed by atoms with E-state index in [4.69, 9.17) is 21.1 Å². The molecule has 0 aliphatic heterocycles. The van der Waals surface area contributed by atoms with Crippen molar-refractivity contribution in [1.82, 2.24) is 5.32 Å². The highest BCUT2D eigenvalue weighted by Gasteiger charge is 2.27. The van der Waals surface area contributed by atoms with Crippen LogP contribution in [-0.4, -0.2) is 57.7 Å². The van der Waals surface area contributed by atoms with Crippen LogP contribution in [0.15, 0.2) is 72.8 Å². The summed E-state index contributed by atoms with van der Waals surface area (Å²) in [5.74, 6) is -0.280. The van der Waals surface area contributed by atoms with E-state index in [1.807, 2.05) is 0 Å². The van der Waals surface area contributed by atoms with Crippen molar-refractivity contribution in [2.45, 2.75) is 25.7 Å². The van der Waals surface area contributed by atoms with E-state index < -0.39 is 6.03 Å². The predicted octanol–water partition coefficient (Wildman–Crippen LogP) is 5.05. The Morgan fingerprint density at radius 1 is 0.953 bits per heavy atom. The Balaban J connectivity index is 1.40. The summed E-state index contributed by atoms with van der Waals surface area (Å²) < 4.78 is 10.6. The molecular formula is C32H35ClN4O6. The van der Waals surface area contributed by atoms with Crippen molar-refractivity contribution < 1.29 is 28.7 Å². The molecule has 1 aliphatic carbocycles. The molecule has 0 bridgehead atoms. The maximum absolute atomic E-state index is 13.5. The molecule has 11 heteroatoms. The maximum atomic E-state index is 13.5. The Bertz CT molecular complexity index is 1460. The van der Waals surface area contributed by atoms with Gasteiger partial charge in [-0.3, -0.25) is 14.4 Å². The van der Waals surface area contributed by atoms with Crippen molar-refractivity contribution >= 4 is 52.5 Å². The molecule has 0 heterocycles. The molecule has 1 saturated carbocycles. The number of halogens is 1. The van der Waals surface area contributed by atoms with Gasteiger partial charge in [-0.25, -0.2) is 4.79 Å². The lowest BCUT2D eigenvalue weighted by Crippen LogP contribution is -2.44. The number of nitrogens with zero attached hydrogens (tertiary/aromatic N) is 2. The number of amides is 4. The average Bonchev–Trinajstić information content (AvgIpc) is 2.98. The van der Waals surface area contributed by atoms with Gasteiger partial charge in [0.05, 0.1) is 25.8 Å². The topological polar surface area (TPSA) is 117 Å². The smallest absolute Gasteiger partial charge is 0.319 e. The fraction of sp³-hybridized carbons (Fsp3) is 0.312. The lowest BCUT2D eigenvalue weighted by atomic mass is 9.85. The number of esters is 1. The molecule has 0 saturated heterocycles. The number of urea groups is 1. The molecule has 4 amide bonds. The summed E-state index contributed by atoms with van der Waals surface area (Å²) in [4.78, 5) is 53.7. The third kappa shape index (κ3) is 8.96. The number of carbonyl (C=O) groups excluding carboxylic acids is 4. The number of hydrogen-bond acceptors (Lipinski definition) is 6. The Morgan fingerprint density at radius 2 is 1.72 bits per heavy atom. The Hall–Kier alpha value is -4.57. The molecule has 0 atom stereocenters. The van der Waals surface area contributed by atoms with Gasteiger partial charge < -0.3 is 29.9 Å². The molecule has 0 unspecified atom stereocenters. The van der Waals surface area contributed by atoms with E-state index in [1.165, 1.54) is 12.0 Å². The van der Waals surface area contributed by atoms with Crippen LogP contribution in [0.2, 0.25) is 5.02 Å². The minimum absolute atomic E-state index is 0.0756. The van der Waals surface area contributed by atoms with Crippen molar-refractivity contribution in [2.24, 2.45) is 5.92 Å². The van der Waals surface area contributed by atoms with Gasteiger partial charge in [0.1, 0.15) is 5.75 Å². The van der Waals surface area contributed by atoms with Gasteiger partial charge in [-0.2, -0.15) is 0 Å². The highest BCUT2D eigenvalue weighted by Crippen LogP contribution is 2.33. The Labute approximate surface area is 255 Å². The van der Waals surface area contributed by atoms with Crippen LogP contribution in [0.25, 0.3) is 0 Å². The lowest BCUT2D eigenvalue weighted by Gasteiger charge is -2.33. The number of benzene rings is 3. The molecule has 0 aromatic heterocycles. The van der Waals surface area contributed by atoms with Crippen molar-refractivity contribution in [2.75, 3.05) is 49.0 Å². The highest BCUT2D eigenvalue weighted by molar-refractivity contribution is 6.30. The van der Waals surface area contributed by atoms with Crippen LogP contribution in [0.3, 0.4) is 0 Å². The minimum atomic E-state index is -0.564. The van der Waals surface area contributed by atoms with E-state index in [0.717, 1.165) is 19.3 Å². The molecule has 0 spiro atoms. The van der Waals surface area contributed by atoms with Crippen LogP contribution in [-0.2, 0) is 25.5 Å². The largest absolute Gasteiger partial charge is 0.482 e. The first-order chi connectivity index (χ1) is 20.7. The van der Waals surface area contributed by atoms with Crippen molar-refractivity contribution in [3.63, 3.8) is 0 Å². The number of anilines is 3. The summed E-state index contributed by atoms with van der Waals surface area (Å²) >= 11 is 6.07. The third-order valence-corrected chi connectivity index (χ3v) is 7.44. The van der Waals surface area contributed by atoms with E-state index in [9.17, 15) is 19.2 Å². The van der Waals surface area contributed by atoms with E-state index in [0.29, 0.717) is 45.9 Å². The first-order valence-electron chi connectivity index (χ1n) is 14.0. The van der Waals surface area contributed by atoms with Crippen molar-refractivity contribution in [3.8, 4) is 5.75 Å². The van der Waals surface area contributed by atoms with Crippen LogP contribution in [0.1, 0.15) is 24.8 Å². The second-order valence-electron chi connectivity index (χ2n) is 10.3. The molecule has 1 aliphatic rings. The predicted molar refractivity (Wildman–Crippen MR) is 166 cm³/mol. The van der Waals surface area contributed by atoms with Gasteiger partial charge in [0.25, 0.3) is 5.91 Å². The summed E-state index contributed by atoms with van der Waals surface area (Å²) in [5.41, 5.74) is 2.32. The van der Waals surface area contributed by atoms with Gasteiger partial charge in [-0.05, 0) is 66.8 Å². The van der Waals surface area contributed by atoms with E-state index >= 15 is 0 Å². The van der Waals surface area contributed by atoms with E-state index in [1.54, 1.807) is 84.7 Å². The second kappa shape index (κ2) is 15.1. The maximum Gasteiger partial charge on any atom is 0.319 e. The standard InChI is InChI=1S/C32H35ClN4O6/c1-36(26-13-7-11-24(33)18-26)30(39)21-43-28-15-4-3-14-27(28)37(20-22-8-5-9-22)29(38)19-34-32(41)35-25-12-6-10-23(16-25)17-31(40)42-2/h3-4,6-7,10-16,18,22H,5,8-9,17,19-21H2,1-2H3,(H2,34,35,41). The van der Waals surface area contributed by atoms with Crippen LogP contribution < -0.4 is 25.2 Å². The third-order valence-electron chi connectivity index (χ3n) is 7.20. The Morgan fingerprint density at radius 3 is 2.44 bits per heavy atom. The highest BCUT2D eigenvalue weighted by atomic mass is 35.5. The summed E-state index contributed by atoms with van der Waals surface area (Å²) in [6, 6.07) is 20.3. The number of hydrogen-bond donors (Lipinski definition) is 2. The zero-order chi connectivity index (χ0) is 30.8. The fourth-order valence-electron chi connectivity index (χ4n) is 4.56. The first kappa shape index (κ1) is 31.4. The van der Waals surface area contributed by atoms with Crippen LogP contribution >= 0.6 is 11.6 Å². The molecule has 4 rings (SSSR count). The Kier molecular flexibility index (Phi) is 11.0. The van der Waals surface area contributed by atoms with Crippen LogP contribution in [0.5, 0.6) is 5.75 Å². The molecule has 10 nitrogen and oxygen atoms in total. The van der Waals surface area contributed by atoms with Gasteiger partial charge in [0.2, 0.25) is 5.91 Å². The fourth-order valence-corrected chi connectivity index (χ4v) is 4.74. The monoisotopic (exact) mass is 606 g/mol. The molecule has 226 valence electrons. The first-order valence-corrected chi connectivity index (χ1v) is 14.4. The van der Waals surface area contributed by atoms with Gasteiger partial charge in [0, 0.05) is 30.0 Å². The molecular weight excluding hydrogens is 572 g/mol.